The number of carbonyl (C=O) groups is 1. The van der Waals surface area contributed by atoms with Crippen molar-refractivity contribution in [1.29, 1.82) is 0 Å². The molecule has 3 aromatic carbocycles. The summed E-state index contributed by atoms with van der Waals surface area (Å²) in [5.74, 6) is 0.544. The molecule has 204 valence electrons. The molecule has 1 N–H and O–H groups in total. The van der Waals surface area contributed by atoms with Gasteiger partial charge >= 0.3 is 0 Å². The molecule has 8 heteroatoms. The Morgan fingerprint density at radius 1 is 1.03 bits per heavy atom. The molecule has 1 aliphatic heterocycles. The molecule has 0 aliphatic carbocycles. The highest BCUT2D eigenvalue weighted by atomic mass is 35.5. The predicted molar refractivity (Wildman–Crippen MR) is 163 cm³/mol. The zero-order valence-corrected chi connectivity index (χ0v) is 24.5. The van der Waals surface area contributed by atoms with Gasteiger partial charge in [0.1, 0.15) is 5.75 Å². The second-order valence-electron chi connectivity index (χ2n) is 9.11. The number of nitrogens with one attached hydrogen (secondary N) is 1. The zero-order chi connectivity index (χ0) is 27.8. The molecule has 0 bridgehead atoms. The summed E-state index contributed by atoms with van der Waals surface area (Å²) >= 11 is 7.91. The third kappa shape index (κ3) is 7.04. The molecular formula is C31H35ClN4O2S. The number of nitrogens with zero attached hydrogens (tertiary/aromatic N) is 3. The molecule has 39 heavy (non-hydrogen) atoms. The number of benzene rings is 3. The number of hydrogen-bond donors (Lipinski definition) is 1. The molecule has 6 nitrogen and oxygen atoms in total. The van der Waals surface area contributed by atoms with Gasteiger partial charge in [0.05, 0.1) is 23.1 Å². The van der Waals surface area contributed by atoms with Crippen LogP contribution in [0, 0.1) is 6.92 Å². The van der Waals surface area contributed by atoms with Gasteiger partial charge in [-0.3, -0.25) is 14.7 Å². The summed E-state index contributed by atoms with van der Waals surface area (Å²) in [4.78, 5) is 23.1. The number of hydrogen-bond acceptors (Lipinski definition) is 6. The second kappa shape index (κ2) is 13.7. The zero-order valence-electron chi connectivity index (χ0n) is 22.9. The van der Waals surface area contributed by atoms with Gasteiger partial charge in [-0.05, 0) is 60.3 Å². The van der Waals surface area contributed by atoms with E-state index >= 15 is 0 Å². The second-order valence-corrected chi connectivity index (χ2v) is 10.4. The number of piperazine rings is 1. The molecule has 0 spiro atoms. The first kappa shape index (κ1) is 28.7. The van der Waals surface area contributed by atoms with Crippen molar-refractivity contribution < 1.29 is 9.53 Å². The monoisotopic (exact) mass is 562 g/mol. The molecule has 1 aliphatic rings. The number of carbonyl (C=O) groups excluding carboxylic acids is 1. The summed E-state index contributed by atoms with van der Waals surface area (Å²) in [6.45, 7) is 9.75. The molecule has 4 aromatic rings. The Hall–Kier alpha value is -3.26. The Balaban J connectivity index is 0.00000172. The summed E-state index contributed by atoms with van der Waals surface area (Å²) in [6.07, 6.45) is 1.80. The Morgan fingerprint density at radius 3 is 2.54 bits per heavy atom. The summed E-state index contributed by atoms with van der Waals surface area (Å²) in [5.41, 5.74) is 4.65. The molecular weight excluding hydrogens is 528 g/mol. The van der Waals surface area contributed by atoms with Gasteiger partial charge in [0.2, 0.25) is 0 Å². The molecule has 1 saturated heterocycles. The summed E-state index contributed by atoms with van der Waals surface area (Å²) in [7, 11) is 1.60. The lowest BCUT2D eigenvalue weighted by atomic mass is 10.1. The molecule has 1 amide bonds. The van der Waals surface area contributed by atoms with E-state index < -0.39 is 0 Å². The quantitative estimate of drug-likeness (QED) is 0.238. The molecule has 0 radical (unpaired) electrons. The number of methoxy groups -OCH3 is 1. The van der Waals surface area contributed by atoms with Gasteiger partial charge < -0.3 is 14.4 Å². The van der Waals surface area contributed by atoms with Gasteiger partial charge in [-0.2, -0.15) is 0 Å². The van der Waals surface area contributed by atoms with Crippen LogP contribution in [0.3, 0.4) is 0 Å². The first-order valence-corrected chi connectivity index (χ1v) is 14.4. The van der Waals surface area contributed by atoms with Crippen molar-refractivity contribution in [1.82, 2.24) is 14.8 Å². The fourth-order valence-electron chi connectivity index (χ4n) is 4.50. The maximum absolute atomic E-state index is 13.3. The van der Waals surface area contributed by atoms with E-state index in [0.29, 0.717) is 24.4 Å². The molecule has 5 rings (SSSR count). The maximum atomic E-state index is 13.3. The number of para-hydroxylation sites is 1. The Morgan fingerprint density at radius 2 is 1.79 bits per heavy atom. The number of rotatable bonds is 7. The van der Waals surface area contributed by atoms with Crippen LogP contribution in [0.15, 0.2) is 77.8 Å². The minimum Gasteiger partial charge on any atom is -0.496 e. The average molecular weight is 563 g/mol. The number of aromatic nitrogens is 1. The number of halogens is 1. The first-order valence-electron chi connectivity index (χ1n) is 13.2. The van der Waals surface area contributed by atoms with Gasteiger partial charge in [0.15, 0.2) is 0 Å². The molecule has 0 unspecified atom stereocenters. The van der Waals surface area contributed by atoms with Crippen molar-refractivity contribution >= 4 is 46.0 Å². The Kier molecular flexibility index (Phi) is 10.1. The van der Waals surface area contributed by atoms with Crippen LogP contribution in [-0.2, 0) is 6.54 Å². The molecule has 2 heterocycles. The van der Waals surface area contributed by atoms with Gasteiger partial charge in [0.25, 0.3) is 5.91 Å². The van der Waals surface area contributed by atoms with E-state index in [4.69, 9.17) is 16.3 Å². The summed E-state index contributed by atoms with van der Waals surface area (Å²) in [6, 6.07) is 21.9. The largest absolute Gasteiger partial charge is 0.496 e. The third-order valence-electron chi connectivity index (χ3n) is 6.57. The number of fused-ring (bicyclic) bond motifs is 1. The summed E-state index contributed by atoms with van der Waals surface area (Å²) in [5, 5.41) is 1.89. The molecule has 1 fully saturated rings. The highest BCUT2D eigenvalue weighted by molar-refractivity contribution is 8.00. The standard InChI is InChI=1S/C29H29ClN4O2S.C2H6/c1-20-8-9-22(25(30)17-20)19-33-13-15-34(16-14-33)29(35)24-11-10-23(18-26(24)36-2)32-37-27-7-3-5-21-6-4-12-31-28(21)27;1-2/h3-12,17-18,32H,13-16,19H2,1-2H3;1-2H3. The van der Waals surface area contributed by atoms with Crippen molar-refractivity contribution in [3.63, 3.8) is 0 Å². The van der Waals surface area contributed by atoms with Crippen LogP contribution in [0.25, 0.3) is 10.9 Å². The number of pyridine rings is 1. The van der Waals surface area contributed by atoms with Crippen molar-refractivity contribution in [2.75, 3.05) is 38.0 Å². The highest BCUT2D eigenvalue weighted by Crippen LogP contribution is 2.31. The topological polar surface area (TPSA) is 57.7 Å². The Labute approximate surface area is 240 Å². The van der Waals surface area contributed by atoms with Gasteiger partial charge in [-0.25, -0.2) is 0 Å². The van der Waals surface area contributed by atoms with Crippen LogP contribution >= 0.6 is 23.5 Å². The van der Waals surface area contributed by atoms with Gasteiger partial charge in [-0.1, -0.05) is 55.8 Å². The van der Waals surface area contributed by atoms with E-state index in [1.54, 1.807) is 13.3 Å². The van der Waals surface area contributed by atoms with Crippen LogP contribution in [0.4, 0.5) is 5.69 Å². The fraction of sp³-hybridized carbons (Fsp3) is 0.290. The van der Waals surface area contributed by atoms with Gasteiger partial charge in [-0.15, -0.1) is 0 Å². The van der Waals surface area contributed by atoms with Crippen LogP contribution < -0.4 is 9.46 Å². The van der Waals surface area contributed by atoms with E-state index in [-0.39, 0.29) is 5.91 Å². The number of anilines is 1. The van der Waals surface area contributed by atoms with Crippen LogP contribution in [0.5, 0.6) is 5.75 Å². The molecule has 0 saturated carbocycles. The highest BCUT2D eigenvalue weighted by Gasteiger charge is 2.25. The lowest BCUT2D eigenvalue weighted by Gasteiger charge is -2.35. The summed E-state index contributed by atoms with van der Waals surface area (Å²) < 4.78 is 8.97. The van der Waals surface area contributed by atoms with Crippen molar-refractivity contribution in [3.05, 3.63) is 94.6 Å². The third-order valence-corrected chi connectivity index (χ3v) is 7.81. The van der Waals surface area contributed by atoms with Crippen LogP contribution in [-0.4, -0.2) is 54.0 Å². The van der Waals surface area contributed by atoms with Crippen molar-refractivity contribution in [3.8, 4) is 5.75 Å². The van der Waals surface area contributed by atoms with E-state index in [9.17, 15) is 4.79 Å². The Bertz CT molecular complexity index is 1420. The number of aryl methyl sites for hydroxylation is 1. The normalized spacial score (nSPS) is 13.5. The van der Waals surface area contributed by atoms with Gasteiger partial charge in [0, 0.05) is 61.1 Å². The van der Waals surface area contributed by atoms with Crippen molar-refractivity contribution in [2.24, 2.45) is 0 Å². The minimum atomic E-state index is -0.0117. The lowest BCUT2D eigenvalue weighted by Crippen LogP contribution is -2.48. The number of ether oxygens (including phenoxy) is 1. The SMILES string of the molecule is CC.COc1cc(NSc2cccc3cccnc23)ccc1C(=O)N1CCN(Cc2ccc(C)cc2Cl)CC1. The minimum absolute atomic E-state index is 0.0117. The number of amides is 1. The van der Waals surface area contributed by atoms with E-state index in [2.05, 4.69) is 26.7 Å². The first-order chi connectivity index (χ1) is 19.0. The van der Waals surface area contributed by atoms with Crippen LogP contribution in [0.1, 0.15) is 35.3 Å². The maximum Gasteiger partial charge on any atom is 0.257 e. The lowest BCUT2D eigenvalue weighted by molar-refractivity contribution is 0.0625. The van der Waals surface area contributed by atoms with E-state index in [1.807, 2.05) is 80.3 Å². The average Bonchev–Trinajstić information content (AvgIpc) is 2.98. The molecule has 1 aromatic heterocycles. The van der Waals surface area contributed by atoms with E-state index in [0.717, 1.165) is 57.3 Å². The predicted octanol–water partition coefficient (Wildman–Crippen LogP) is 7.31. The fourth-order valence-corrected chi connectivity index (χ4v) is 5.57. The van der Waals surface area contributed by atoms with Crippen molar-refractivity contribution in [2.45, 2.75) is 32.2 Å². The van der Waals surface area contributed by atoms with Crippen LogP contribution in [0.2, 0.25) is 5.02 Å². The smallest absolute Gasteiger partial charge is 0.257 e. The van der Waals surface area contributed by atoms with E-state index in [1.165, 1.54) is 11.9 Å². The molecule has 0 atom stereocenters.